The average molecular weight is 319 g/mol. The first kappa shape index (κ1) is 17.0. The SMILES string of the molecule is CCOC(=O)CC(=O)Nc1cc(C2CCC2)ccc1C(=O)OC. The van der Waals surface area contributed by atoms with Gasteiger partial charge in [-0.2, -0.15) is 0 Å². The highest BCUT2D eigenvalue weighted by Gasteiger charge is 2.23. The molecule has 0 spiro atoms. The van der Waals surface area contributed by atoms with Crippen molar-refractivity contribution < 1.29 is 23.9 Å². The van der Waals surface area contributed by atoms with Gasteiger partial charge in [0.1, 0.15) is 6.42 Å². The van der Waals surface area contributed by atoms with Gasteiger partial charge in [-0.3, -0.25) is 9.59 Å². The summed E-state index contributed by atoms with van der Waals surface area (Å²) < 4.78 is 9.48. The molecule has 0 atom stereocenters. The number of methoxy groups -OCH3 is 1. The zero-order valence-electron chi connectivity index (χ0n) is 13.4. The molecular weight excluding hydrogens is 298 g/mol. The van der Waals surface area contributed by atoms with Crippen molar-refractivity contribution in [2.45, 2.75) is 38.5 Å². The summed E-state index contributed by atoms with van der Waals surface area (Å²) >= 11 is 0. The molecule has 0 aromatic heterocycles. The van der Waals surface area contributed by atoms with E-state index in [1.54, 1.807) is 19.1 Å². The van der Waals surface area contributed by atoms with Crippen LogP contribution in [0.15, 0.2) is 18.2 Å². The summed E-state index contributed by atoms with van der Waals surface area (Å²) in [6.07, 6.45) is 3.01. The third-order valence-corrected chi connectivity index (χ3v) is 3.91. The Labute approximate surface area is 135 Å². The molecule has 0 saturated heterocycles. The minimum absolute atomic E-state index is 0.219. The highest BCUT2D eigenvalue weighted by Crippen LogP contribution is 2.37. The summed E-state index contributed by atoms with van der Waals surface area (Å²) in [7, 11) is 1.28. The number of carbonyl (C=O) groups is 3. The number of anilines is 1. The lowest BCUT2D eigenvalue weighted by Crippen LogP contribution is -2.20. The topological polar surface area (TPSA) is 81.7 Å². The van der Waals surface area contributed by atoms with Gasteiger partial charge in [0.05, 0.1) is 25.0 Å². The van der Waals surface area contributed by atoms with Gasteiger partial charge in [-0.15, -0.1) is 0 Å². The molecule has 1 N–H and O–H groups in total. The third-order valence-electron chi connectivity index (χ3n) is 3.91. The Balaban J connectivity index is 2.17. The Bertz CT molecular complexity index is 607. The van der Waals surface area contributed by atoms with Gasteiger partial charge < -0.3 is 14.8 Å². The van der Waals surface area contributed by atoms with E-state index in [9.17, 15) is 14.4 Å². The van der Waals surface area contributed by atoms with Gasteiger partial charge in [0.15, 0.2) is 0 Å². The maximum atomic E-state index is 12.0. The van der Waals surface area contributed by atoms with Crippen LogP contribution in [-0.4, -0.2) is 31.6 Å². The molecular formula is C17H21NO5. The van der Waals surface area contributed by atoms with E-state index in [-0.39, 0.29) is 18.6 Å². The summed E-state index contributed by atoms with van der Waals surface area (Å²) in [6, 6.07) is 5.33. The quantitative estimate of drug-likeness (QED) is 0.644. The second kappa shape index (κ2) is 7.76. The van der Waals surface area contributed by atoms with E-state index in [0.717, 1.165) is 18.4 Å². The first-order valence-corrected chi connectivity index (χ1v) is 7.72. The van der Waals surface area contributed by atoms with Gasteiger partial charge in [-0.05, 0) is 43.4 Å². The van der Waals surface area contributed by atoms with Crippen molar-refractivity contribution in [1.29, 1.82) is 0 Å². The molecule has 124 valence electrons. The minimum Gasteiger partial charge on any atom is -0.466 e. The van der Waals surface area contributed by atoms with E-state index in [4.69, 9.17) is 9.47 Å². The summed E-state index contributed by atoms with van der Waals surface area (Å²) in [5.74, 6) is -1.18. The van der Waals surface area contributed by atoms with Gasteiger partial charge in [0, 0.05) is 0 Å². The van der Waals surface area contributed by atoms with E-state index < -0.39 is 17.8 Å². The maximum Gasteiger partial charge on any atom is 0.339 e. The van der Waals surface area contributed by atoms with Crippen molar-refractivity contribution in [3.05, 3.63) is 29.3 Å². The zero-order chi connectivity index (χ0) is 16.8. The van der Waals surface area contributed by atoms with Crippen LogP contribution in [0.25, 0.3) is 0 Å². The fourth-order valence-corrected chi connectivity index (χ4v) is 2.49. The molecule has 0 bridgehead atoms. The molecule has 1 aliphatic carbocycles. The van der Waals surface area contributed by atoms with Crippen molar-refractivity contribution in [3.8, 4) is 0 Å². The van der Waals surface area contributed by atoms with Crippen LogP contribution in [0.4, 0.5) is 5.69 Å². The van der Waals surface area contributed by atoms with Crippen LogP contribution in [-0.2, 0) is 19.1 Å². The first-order chi connectivity index (χ1) is 11.0. The number of hydrogen-bond donors (Lipinski definition) is 1. The Kier molecular flexibility index (Phi) is 5.73. The summed E-state index contributed by atoms with van der Waals surface area (Å²) in [4.78, 5) is 35.2. The van der Waals surface area contributed by atoms with Crippen LogP contribution in [0.1, 0.15) is 54.4 Å². The zero-order valence-corrected chi connectivity index (χ0v) is 13.4. The lowest BCUT2D eigenvalue weighted by Gasteiger charge is -2.26. The fourth-order valence-electron chi connectivity index (χ4n) is 2.49. The van der Waals surface area contributed by atoms with Crippen LogP contribution in [0.2, 0.25) is 0 Å². The Hall–Kier alpha value is -2.37. The first-order valence-electron chi connectivity index (χ1n) is 7.72. The molecule has 1 fully saturated rings. The Morgan fingerprint density at radius 3 is 2.57 bits per heavy atom. The molecule has 0 heterocycles. The van der Waals surface area contributed by atoms with Gasteiger partial charge in [0.2, 0.25) is 5.91 Å². The highest BCUT2D eigenvalue weighted by molar-refractivity contribution is 6.06. The Morgan fingerprint density at radius 1 is 1.26 bits per heavy atom. The fraction of sp³-hybridized carbons (Fsp3) is 0.471. The minimum atomic E-state index is -0.597. The molecule has 0 radical (unpaired) electrons. The standard InChI is InChI=1S/C17H21NO5/c1-3-23-16(20)10-15(19)18-14-9-12(11-5-4-6-11)7-8-13(14)17(21)22-2/h7-9,11H,3-6,10H2,1-2H3,(H,18,19). The van der Waals surface area contributed by atoms with E-state index in [1.807, 2.05) is 6.07 Å². The van der Waals surface area contributed by atoms with Crippen LogP contribution >= 0.6 is 0 Å². The van der Waals surface area contributed by atoms with Gasteiger partial charge in [-0.25, -0.2) is 4.79 Å². The Morgan fingerprint density at radius 2 is 2.00 bits per heavy atom. The van der Waals surface area contributed by atoms with Gasteiger partial charge >= 0.3 is 11.9 Å². The predicted molar refractivity (Wildman–Crippen MR) is 84.3 cm³/mol. The summed E-state index contributed by atoms with van der Waals surface area (Å²) in [5, 5.41) is 2.62. The van der Waals surface area contributed by atoms with Crippen molar-refractivity contribution in [2.75, 3.05) is 19.0 Å². The molecule has 2 rings (SSSR count). The predicted octanol–water partition coefficient (Wildman–Crippen LogP) is 2.63. The molecule has 0 aliphatic heterocycles. The van der Waals surface area contributed by atoms with Crippen molar-refractivity contribution >= 4 is 23.5 Å². The summed E-state index contributed by atoms with van der Waals surface area (Å²) in [6.45, 7) is 1.89. The normalized spacial score (nSPS) is 13.8. The second-order valence-electron chi connectivity index (χ2n) is 5.45. The van der Waals surface area contributed by atoms with E-state index in [1.165, 1.54) is 13.5 Å². The number of ether oxygens (including phenoxy) is 2. The second-order valence-corrected chi connectivity index (χ2v) is 5.45. The number of rotatable bonds is 6. The number of amides is 1. The van der Waals surface area contributed by atoms with Gasteiger partial charge in [-0.1, -0.05) is 12.5 Å². The van der Waals surface area contributed by atoms with Crippen LogP contribution < -0.4 is 5.32 Å². The third kappa shape index (κ3) is 4.31. The molecule has 1 aromatic rings. The lowest BCUT2D eigenvalue weighted by atomic mass is 9.79. The number of nitrogens with one attached hydrogen (secondary N) is 1. The van der Waals surface area contributed by atoms with E-state index in [0.29, 0.717) is 11.6 Å². The van der Waals surface area contributed by atoms with Gasteiger partial charge in [0.25, 0.3) is 0 Å². The number of hydrogen-bond acceptors (Lipinski definition) is 5. The van der Waals surface area contributed by atoms with Crippen molar-refractivity contribution in [2.24, 2.45) is 0 Å². The van der Waals surface area contributed by atoms with Crippen LogP contribution in [0.5, 0.6) is 0 Å². The molecule has 1 aromatic carbocycles. The molecule has 1 amide bonds. The average Bonchev–Trinajstić information content (AvgIpc) is 2.45. The number of esters is 2. The molecule has 1 saturated carbocycles. The van der Waals surface area contributed by atoms with Crippen molar-refractivity contribution in [3.63, 3.8) is 0 Å². The molecule has 1 aliphatic rings. The molecule has 6 nitrogen and oxygen atoms in total. The monoisotopic (exact) mass is 319 g/mol. The number of carbonyl (C=O) groups excluding carboxylic acids is 3. The number of benzene rings is 1. The lowest BCUT2D eigenvalue weighted by molar-refractivity contribution is -0.145. The van der Waals surface area contributed by atoms with Crippen LogP contribution in [0, 0.1) is 0 Å². The molecule has 23 heavy (non-hydrogen) atoms. The van der Waals surface area contributed by atoms with E-state index in [2.05, 4.69) is 5.32 Å². The highest BCUT2D eigenvalue weighted by atomic mass is 16.5. The largest absolute Gasteiger partial charge is 0.466 e. The smallest absolute Gasteiger partial charge is 0.339 e. The molecule has 0 unspecified atom stereocenters. The summed E-state index contributed by atoms with van der Waals surface area (Å²) in [5.41, 5.74) is 1.72. The molecule has 6 heteroatoms. The van der Waals surface area contributed by atoms with E-state index >= 15 is 0 Å². The maximum absolute atomic E-state index is 12.0. The van der Waals surface area contributed by atoms with Crippen LogP contribution in [0.3, 0.4) is 0 Å². The van der Waals surface area contributed by atoms with Crippen molar-refractivity contribution in [1.82, 2.24) is 0 Å².